The largest absolute Gasteiger partial charge is 0.507 e. The number of aliphatic hydroxyl groups is 1. The first-order chi connectivity index (χ1) is 17.2. The zero-order valence-electron chi connectivity index (χ0n) is 20.7. The molecule has 0 spiro atoms. The van der Waals surface area contributed by atoms with Gasteiger partial charge in [-0.2, -0.15) is 0 Å². The molecule has 1 atom stereocenters. The van der Waals surface area contributed by atoms with Crippen LogP contribution in [0.2, 0.25) is 0 Å². The molecule has 0 aliphatic carbocycles. The molecule has 36 heavy (non-hydrogen) atoms. The summed E-state index contributed by atoms with van der Waals surface area (Å²) >= 11 is 0. The molecule has 7 nitrogen and oxygen atoms in total. The van der Waals surface area contributed by atoms with Crippen molar-refractivity contribution in [1.29, 1.82) is 0 Å². The topological polar surface area (TPSA) is 79.3 Å². The predicted octanol–water partition coefficient (Wildman–Crippen LogP) is 4.84. The van der Waals surface area contributed by atoms with Gasteiger partial charge in [0.05, 0.1) is 25.8 Å². The van der Waals surface area contributed by atoms with Crippen molar-refractivity contribution in [3.05, 3.63) is 88.7 Å². The van der Waals surface area contributed by atoms with Gasteiger partial charge in [0.25, 0.3) is 11.7 Å². The van der Waals surface area contributed by atoms with Gasteiger partial charge in [-0.05, 0) is 72.6 Å². The Morgan fingerprint density at radius 2 is 1.61 bits per heavy atom. The molecule has 1 amide bonds. The van der Waals surface area contributed by atoms with E-state index in [0.29, 0.717) is 28.3 Å². The van der Waals surface area contributed by atoms with Crippen molar-refractivity contribution < 1.29 is 28.6 Å². The van der Waals surface area contributed by atoms with Crippen molar-refractivity contribution in [3.63, 3.8) is 0 Å². The highest BCUT2D eigenvalue weighted by Crippen LogP contribution is 2.44. The van der Waals surface area contributed by atoms with Crippen molar-refractivity contribution in [2.45, 2.75) is 13.0 Å². The number of rotatable bonds is 6. The van der Waals surface area contributed by atoms with Crippen molar-refractivity contribution in [3.8, 4) is 11.5 Å². The molecule has 0 saturated carbocycles. The van der Waals surface area contributed by atoms with Crippen LogP contribution in [0.15, 0.2) is 66.2 Å². The fraction of sp³-hybridized carbons (Fsp3) is 0.214. The summed E-state index contributed by atoms with van der Waals surface area (Å²) in [6.07, 6.45) is 0. The highest BCUT2D eigenvalue weighted by molar-refractivity contribution is 6.51. The Kier molecular flexibility index (Phi) is 6.70. The van der Waals surface area contributed by atoms with Gasteiger partial charge in [0, 0.05) is 31.0 Å². The van der Waals surface area contributed by atoms with Gasteiger partial charge in [-0.25, -0.2) is 4.39 Å². The molecular weight excluding hydrogens is 463 g/mol. The van der Waals surface area contributed by atoms with Crippen molar-refractivity contribution >= 4 is 28.8 Å². The number of Topliss-reactive ketones (excluding diaryl/α,β-unsaturated/α-hetero) is 1. The lowest BCUT2D eigenvalue weighted by molar-refractivity contribution is -0.132. The van der Waals surface area contributed by atoms with Gasteiger partial charge in [0.2, 0.25) is 0 Å². The third-order valence-electron chi connectivity index (χ3n) is 6.24. The molecular formula is C28H27FN2O5. The Morgan fingerprint density at radius 3 is 2.19 bits per heavy atom. The van der Waals surface area contributed by atoms with Crippen molar-refractivity contribution in [1.82, 2.24) is 0 Å². The fourth-order valence-electron chi connectivity index (χ4n) is 4.30. The van der Waals surface area contributed by atoms with Gasteiger partial charge in [0.1, 0.15) is 11.6 Å². The number of halogens is 1. The van der Waals surface area contributed by atoms with Crippen LogP contribution >= 0.6 is 0 Å². The first-order valence-electron chi connectivity index (χ1n) is 11.2. The van der Waals surface area contributed by atoms with Crippen LogP contribution in [0.1, 0.15) is 22.7 Å². The number of anilines is 2. The van der Waals surface area contributed by atoms with Crippen LogP contribution in [-0.4, -0.2) is 45.1 Å². The smallest absolute Gasteiger partial charge is 0.300 e. The average Bonchev–Trinajstić information content (AvgIpc) is 3.15. The highest BCUT2D eigenvalue weighted by Gasteiger charge is 2.47. The van der Waals surface area contributed by atoms with E-state index in [1.807, 2.05) is 31.1 Å². The number of ether oxygens (including phenoxy) is 2. The molecule has 1 unspecified atom stereocenters. The predicted molar refractivity (Wildman–Crippen MR) is 136 cm³/mol. The number of hydrogen-bond donors (Lipinski definition) is 1. The number of amides is 1. The third kappa shape index (κ3) is 4.26. The van der Waals surface area contributed by atoms with Gasteiger partial charge in [-0.15, -0.1) is 0 Å². The van der Waals surface area contributed by atoms with E-state index >= 15 is 0 Å². The summed E-state index contributed by atoms with van der Waals surface area (Å²) < 4.78 is 24.7. The normalized spacial score (nSPS) is 16.8. The Labute approximate surface area is 209 Å². The van der Waals surface area contributed by atoms with Gasteiger partial charge < -0.3 is 19.5 Å². The molecule has 3 aromatic rings. The lowest BCUT2D eigenvalue weighted by atomic mass is 9.94. The van der Waals surface area contributed by atoms with E-state index in [9.17, 15) is 19.1 Å². The number of benzene rings is 3. The van der Waals surface area contributed by atoms with E-state index in [4.69, 9.17) is 9.47 Å². The van der Waals surface area contributed by atoms with E-state index in [1.165, 1.54) is 37.3 Å². The van der Waals surface area contributed by atoms with Crippen LogP contribution in [0, 0.1) is 12.7 Å². The first-order valence-corrected chi connectivity index (χ1v) is 11.2. The SMILES string of the molecule is COc1ccc(C2/C(=C(/O)c3ccc(F)c(C)c3)C(=O)C(=O)N2c2ccc(N(C)C)cc2)cc1OC. The summed E-state index contributed by atoms with van der Waals surface area (Å²) in [5, 5.41) is 11.3. The van der Waals surface area contributed by atoms with Gasteiger partial charge >= 0.3 is 0 Å². The second kappa shape index (κ2) is 9.73. The number of hydrogen-bond acceptors (Lipinski definition) is 6. The van der Waals surface area contributed by atoms with Crippen LogP contribution in [0.5, 0.6) is 11.5 Å². The molecule has 0 radical (unpaired) electrons. The Balaban J connectivity index is 1.95. The highest BCUT2D eigenvalue weighted by atomic mass is 19.1. The second-order valence-corrected chi connectivity index (χ2v) is 8.66. The molecule has 0 aromatic heterocycles. The zero-order valence-corrected chi connectivity index (χ0v) is 20.7. The number of methoxy groups -OCH3 is 2. The van der Waals surface area contributed by atoms with Crippen molar-refractivity contribution in [2.75, 3.05) is 38.1 Å². The molecule has 1 aliphatic rings. The standard InChI is InChI=1S/C28H27FN2O5/c1-16-14-18(6-12-21(16)29)26(32)24-25(17-7-13-22(35-4)23(15-17)36-5)31(28(34)27(24)33)20-10-8-19(9-11-20)30(2)3/h6-15,25,32H,1-5H3/b26-24-. The van der Waals surface area contributed by atoms with Crippen molar-refractivity contribution in [2.24, 2.45) is 0 Å². The Hall–Kier alpha value is -4.33. The summed E-state index contributed by atoms with van der Waals surface area (Å²) in [5.41, 5.74) is 2.37. The molecule has 3 aromatic carbocycles. The van der Waals surface area contributed by atoms with Crippen LogP contribution in [0.4, 0.5) is 15.8 Å². The van der Waals surface area contributed by atoms with Crippen LogP contribution in [-0.2, 0) is 9.59 Å². The summed E-state index contributed by atoms with van der Waals surface area (Å²) in [5.74, 6) is -1.57. The number of carbonyl (C=O) groups excluding carboxylic acids is 2. The first kappa shape index (κ1) is 24.8. The van der Waals surface area contributed by atoms with E-state index in [0.717, 1.165) is 5.69 Å². The summed E-state index contributed by atoms with van der Waals surface area (Å²) in [6, 6.07) is 15.3. The lowest BCUT2D eigenvalue weighted by Crippen LogP contribution is -2.29. The number of carbonyl (C=O) groups is 2. The summed E-state index contributed by atoms with van der Waals surface area (Å²) in [7, 11) is 6.79. The molecule has 4 rings (SSSR count). The minimum Gasteiger partial charge on any atom is -0.507 e. The molecule has 186 valence electrons. The van der Waals surface area contributed by atoms with Gasteiger partial charge in [-0.1, -0.05) is 6.07 Å². The van der Waals surface area contributed by atoms with Gasteiger partial charge in [-0.3, -0.25) is 14.5 Å². The molecule has 1 aliphatic heterocycles. The molecule has 1 saturated heterocycles. The quantitative estimate of drug-likeness (QED) is 0.303. The van der Waals surface area contributed by atoms with Crippen LogP contribution in [0.25, 0.3) is 5.76 Å². The van der Waals surface area contributed by atoms with Gasteiger partial charge in [0.15, 0.2) is 11.5 Å². The molecule has 1 fully saturated rings. The summed E-state index contributed by atoms with van der Waals surface area (Å²) in [4.78, 5) is 30.0. The molecule has 1 N–H and O–H groups in total. The minimum absolute atomic E-state index is 0.102. The second-order valence-electron chi connectivity index (χ2n) is 8.66. The minimum atomic E-state index is -0.958. The van der Waals surface area contributed by atoms with Crippen LogP contribution < -0.4 is 19.3 Å². The van der Waals surface area contributed by atoms with E-state index < -0.39 is 23.5 Å². The number of aryl methyl sites for hydroxylation is 1. The van der Waals surface area contributed by atoms with E-state index in [2.05, 4.69) is 0 Å². The Bertz CT molecular complexity index is 1360. The maximum atomic E-state index is 13.9. The average molecular weight is 491 g/mol. The number of aliphatic hydroxyl groups excluding tert-OH is 1. The molecule has 8 heteroatoms. The fourth-order valence-corrected chi connectivity index (χ4v) is 4.30. The Morgan fingerprint density at radius 1 is 0.944 bits per heavy atom. The maximum absolute atomic E-state index is 13.9. The number of nitrogens with zero attached hydrogens (tertiary/aromatic N) is 2. The van der Waals surface area contributed by atoms with E-state index in [-0.39, 0.29) is 16.9 Å². The van der Waals surface area contributed by atoms with E-state index in [1.54, 1.807) is 37.3 Å². The molecule has 1 heterocycles. The molecule has 0 bridgehead atoms. The summed E-state index contributed by atoms with van der Waals surface area (Å²) in [6.45, 7) is 1.56. The maximum Gasteiger partial charge on any atom is 0.300 e. The third-order valence-corrected chi connectivity index (χ3v) is 6.24. The van der Waals surface area contributed by atoms with Crippen LogP contribution in [0.3, 0.4) is 0 Å². The number of ketones is 1. The monoisotopic (exact) mass is 490 g/mol. The zero-order chi connectivity index (χ0) is 26.1. The lowest BCUT2D eigenvalue weighted by Gasteiger charge is -2.26.